The second-order valence-electron chi connectivity index (χ2n) is 4.46. The summed E-state index contributed by atoms with van der Waals surface area (Å²) in [6.45, 7) is 5.18. The van der Waals surface area contributed by atoms with Crippen molar-refractivity contribution in [2.45, 2.75) is 32.7 Å². The van der Waals surface area contributed by atoms with Crippen molar-refractivity contribution in [2.24, 2.45) is 0 Å². The summed E-state index contributed by atoms with van der Waals surface area (Å²) in [4.78, 5) is 4.40. The molecule has 0 saturated carbocycles. The largest absolute Gasteiger partial charge is 0.469 e. The van der Waals surface area contributed by atoms with Crippen molar-refractivity contribution in [2.75, 3.05) is 6.54 Å². The number of aromatic nitrogens is 1. The van der Waals surface area contributed by atoms with Crippen LogP contribution in [0.5, 0.6) is 0 Å². The summed E-state index contributed by atoms with van der Waals surface area (Å²) in [7, 11) is 0. The van der Waals surface area contributed by atoms with Crippen LogP contribution in [0.2, 0.25) is 0 Å². The number of aryl methyl sites for hydroxylation is 1. The number of hydrogen-bond acceptors (Lipinski definition) is 3. The second-order valence-corrected chi connectivity index (χ2v) is 4.46. The molecule has 2 aromatic rings. The Kier molecular flexibility index (Phi) is 4.53. The molecule has 0 bridgehead atoms. The summed E-state index contributed by atoms with van der Waals surface area (Å²) >= 11 is 0. The average molecular weight is 244 g/mol. The van der Waals surface area contributed by atoms with Gasteiger partial charge in [-0.15, -0.1) is 0 Å². The molecule has 0 fully saturated rings. The molecular formula is C15H20N2O. The molecule has 0 aliphatic heterocycles. The molecule has 18 heavy (non-hydrogen) atoms. The molecule has 3 nitrogen and oxygen atoms in total. The third-order valence-electron chi connectivity index (χ3n) is 3.05. The standard InChI is InChI=1S/C15H20N2O/c1-3-8-17-15(14-7-10-18-12(14)2)11-13-6-4-5-9-16-13/h4-7,9-10,15,17H,3,8,11H2,1-2H3. The van der Waals surface area contributed by atoms with Gasteiger partial charge in [0.1, 0.15) is 5.76 Å². The highest BCUT2D eigenvalue weighted by Crippen LogP contribution is 2.22. The minimum absolute atomic E-state index is 0.276. The smallest absolute Gasteiger partial charge is 0.105 e. The van der Waals surface area contributed by atoms with E-state index in [0.717, 1.165) is 30.8 Å². The van der Waals surface area contributed by atoms with Crippen LogP contribution in [0.15, 0.2) is 41.1 Å². The Labute approximate surface area is 108 Å². The molecular weight excluding hydrogens is 224 g/mol. The minimum atomic E-state index is 0.276. The van der Waals surface area contributed by atoms with E-state index in [1.54, 1.807) is 6.26 Å². The first kappa shape index (κ1) is 12.8. The van der Waals surface area contributed by atoms with Gasteiger partial charge < -0.3 is 9.73 Å². The van der Waals surface area contributed by atoms with Gasteiger partial charge in [0.15, 0.2) is 0 Å². The maximum Gasteiger partial charge on any atom is 0.105 e. The van der Waals surface area contributed by atoms with Crippen molar-refractivity contribution in [1.82, 2.24) is 10.3 Å². The molecule has 1 N–H and O–H groups in total. The van der Waals surface area contributed by atoms with Crippen molar-refractivity contribution in [3.8, 4) is 0 Å². The maximum atomic E-state index is 5.40. The first-order valence-corrected chi connectivity index (χ1v) is 6.48. The van der Waals surface area contributed by atoms with E-state index in [9.17, 15) is 0 Å². The fraction of sp³-hybridized carbons (Fsp3) is 0.400. The lowest BCUT2D eigenvalue weighted by Gasteiger charge is -2.17. The minimum Gasteiger partial charge on any atom is -0.469 e. The number of nitrogens with one attached hydrogen (secondary N) is 1. The lowest BCUT2D eigenvalue weighted by molar-refractivity contribution is 0.491. The maximum absolute atomic E-state index is 5.40. The monoisotopic (exact) mass is 244 g/mol. The van der Waals surface area contributed by atoms with Crippen LogP contribution >= 0.6 is 0 Å². The SMILES string of the molecule is CCCNC(Cc1ccccn1)c1ccoc1C. The van der Waals surface area contributed by atoms with E-state index in [4.69, 9.17) is 4.42 Å². The van der Waals surface area contributed by atoms with Crippen molar-refractivity contribution in [3.63, 3.8) is 0 Å². The van der Waals surface area contributed by atoms with Gasteiger partial charge in [-0.25, -0.2) is 0 Å². The average Bonchev–Trinajstić information content (AvgIpc) is 2.82. The molecule has 2 aromatic heterocycles. The van der Waals surface area contributed by atoms with Crippen LogP contribution in [0.3, 0.4) is 0 Å². The fourth-order valence-corrected chi connectivity index (χ4v) is 2.09. The summed E-state index contributed by atoms with van der Waals surface area (Å²) in [5, 5.41) is 3.56. The zero-order valence-electron chi connectivity index (χ0n) is 11.0. The Morgan fingerprint density at radius 1 is 1.33 bits per heavy atom. The van der Waals surface area contributed by atoms with E-state index in [0.29, 0.717) is 0 Å². The molecule has 96 valence electrons. The van der Waals surface area contributed by atoms with Gasteiger partial charge in [0, 0.05) is 29.9 Å². The van der Waals surface area contributed by atoms with Crippen molar-refractivity contribution in [3.05, 3.63) is 53.7 Å². The third kappa shape index (κ3) is 3.20. The lowest BCUT2D eigenvalue weighted by atomic mass is 10.0. The van der Waals surface area contributed by atoms with E-state index < -0.39 is 0 Å². The Morgan fingerprint density at radius 2 is 2.22 bits per heavy atom. The number of furan rings is 1. The van der Waals surface area contributed by atoms with Crippen LogP contribution in [0.25, 0.3) is 0 Å². The second kappa shape index (κ2) is 6.36. The highest BCUT2D eigenvalue weighted by molar-refractivity contribution is 5.22. The molecule has 0 aliphatic rings. The summed E-state index contributed by atoms with van der Waals surface area (Å²) < 4.78 is 5.40. The van der Waals surface area contributed by atoms with Crippen LogP contribution in [0.4, 0.5) is 0 Å². The van der Waals surface area contributed by atoms with Crippen LogP contribution < -0.4 is 5.32 Å². The summed E-state index contributed by atoms with van der Waals surface area (Å²) in [6.07, 6.45) is 5.61. The number of nitrogens with zero attached hydrogens (tertiary/aromatic N) is 1. The normalized spacial score (nSPS) is 12.6. The molecule has 0 aliphatic carbocycles. The van der Waals surface area contributed by atoms with E-state index >= 15 is 0 Å². The quantitative estimate of drug-likeness (QED) is 0.847. The van der Waals surface area contributed by atoms with Crippen LogP contribution in [0, 0.1) is 6.92 Å². The van der Waals surface area contributed by atoms with Crippen LogP contribution in [0.1, 0.15) is 36.4 Å². The fourth-order valence-electron chi connectivity index (χ4n) is 2.09. The summed E-state index contributed by atoms with van der Waals surface area (Å²) in [6, 6.07) is 8.36. The molecule has 0 amide bonds. The van der Waals surface area contributed by atoms with E-state index in [2.05, 4.69) is 23.3 Å². The van der Waals surface area contributed by atoms with E-state index in [-0.39, 0.29) is 6.04 Å². The highest BCUT2D eigenvalue weighted by atomic mass is 16.3. The first-order valence-electron chi connectivity index (χ1n) is 6.48. The van der Waals surface area contributed by atoms with Crippen LogP contribution in [-0.4, -0.2) is 11.5 Å². The molecule has 1 atom stereocenters. The predicted octanol–water partition coefficient (Wildman–Crippen LogP) is 3.27. The Bertz CT molecular complexity index is 464. The zero-order chi connectivity index (χ0) is 12.8. The van der Waals surface area contributed by atoms with Crippen molar-refractivity contribution >= 4 is 0 Å². The molecule has 0 spiro atoms. The topological polar surface area (TPSA) is 38.1 Å². The summed E-state index contributed by atoms with van der Waals surface area (Å²) in [5.41, 5.74) is 2.33. The summed E-state index contributed by atoms with van der Waals surface area (Å²) in [5.74, 6) is 0.986. The van der Waals surface area contributed by atoms with Crippen molar-refractivity contribution < 1.29 is 4.42 Å². The van der Waals surface area contributed by atoms with E-state index in [1.165, 1.54) is 5.56 Å². The first-order chi connectivity index (χ1) is 8.81. The number of rotatable bonds is 6. The third-order valence-corrected chi connectivity index (χ3v) is 3.05. The molecule has 0 radical (unpaired) electrons. The van der Waals surface area contributed by atoms with Gasteiger partial charge in [-0.3, -0.25) is 4.98 Å². The van der Waals surface area contributed by atoms with Gasteiger partial charge in [0.2, 0.25) is 0 Å². The Morgan fingerprint density at radius 3 is 2.83 bits per heavy atom. The number of hydrogen-bond donors (Lipinski definition) is 1. The van der Waals surface area contributed by atoms with Gasteiger partial charge in [0.25, 0.3) is 0 Å². The molecule has 2 heterocycles. The molecule has 0 aromatic carbocycles. The molecule has 2 rings (SSSR count). The van der Waals surface area contributed by atoms with Gasteiger partial charge >= 0.3 is 0 Å². The highest BCUT2D eigenvalue weighted by Gasteiger charge is 2.16. The Balaban J connectivity index is 2.13. The number of pyridine rings is 1. The van der Waals surface area contributed by atoms with Gasteiger partial charge in [0.05, 0.1) is 6.26 Å². The zero-order valence-corrected chi connectivity index (χ0v) is 11.0. The Hall–Kier alpha value is -1.61. The van der Waals surface area contributed by atoms with Crippen LogP contribution in [-0.2, 0) is 6.42 Å². The molecule has 3 heteroatoms. The molecule has 0 saturated heterocycles. The van der Waals surface area contributed by atoms with Gasteiger partial charge in [-0.05, 0) is 38.1 Å². The predicted molar refractivity (Wildman–Crippen MR) is 72.4 cm³/mol. The van der Waals surface area contributed by atoms with E-state index in [1.807, 2.05) is 31.3 Å². The van der Waals surface area contributed by atoms with Gasteiger partial charge in [-0.2, -0.15) is 0 Å². The van der Waals surface area contributed by atoms with Crippen molar-refractivity contribution in [1.29, 1.82) is 0 Å². The lowest BCUT2D eigenvalue weighted by Crippen LogP contribution is -2.24. The van der Waals surface area contributed by atoms with Gasteiger partial charge in [-0.1, -0.05) is 13.0 Å². The molecule has 1 unspecified atom stereocenters.